The predicted octanol–water partition coefficient (Wildman–Crippen LogP) is 2.88. The van der Waals surface area contributed by atoms with Gasteiger partial charge in [0.2, 0.25) is 27.7 Å². The number of hydrogen-bond acceptors (Lipinski definition) is 5. The summed E-state index contributed by atoms with van der Waals surface area (Å²) in [7, 11) is -3.00. The van der Waals surface area contributed by atoms with Gasteiger partial charge < -0.3 is 16.0 Å². The van der Waals surface area contributed by atoms with Crippen molar-refractivity contribution in [1.82, 2.24) is 4.31 Å². The lowest BCUT2D eigenvalue weighted by Crippen LogP contribution is -2.35. The van der Waals surface area contributed by atoms with Gasteiger partial charge in [-0.25, -0.2) is 8.42 Å². The molecule has 2 aromatic rings. The molecule has 0 heterocycles. The minimum atomic E-state index is -4.70. The van der Waals surface area contributed by atoms with Crippen molar-refractivity contribution in [2.24, 2.45) is 0 Å². The summed E-state index contributed by atoms with van der Waals surface area (Å²) in [5.41, 5.74) is -1.11. The molecule has 0 aliphatic rings. The van der Waals surface area contributed by atoms with E-state index < -0.39 is 40.1 Å². The van der Waals surface area contributed by atoms with Crippen LogP contribution in [0.4, 0.5) is 30.2 Å². The van der Waals surface area contributed by atoms with Crippen LogP contribution >= 0.6 is 0 Å². The zero-order valence-corrected chi connectivity index (χ0v) is 18.6. The van der Waals surface area contributed by atoms with Crippen molar-refractivity contribution in [1.29, 1.82) is 0 Å². The smallest absolute Gasteiger partial charge is 0.326 e. The average Bonchev–Trinajstić information content (AvgIpc) is 2.68. The molecule has 0 aliphatic carbocycles. The van der Waals surface area contributed by atoms with E-state index in [0.717, 1.165) is 26.1 Å². The Morgan fingerprint density at radius 3 is 1.97 bits per heavy atom. The molecule has 2 rings (SSSR count). The number of amides is 3. The summed E-state index contributed by atoms with van der Waals surface area (Å²) in [5.74, 6) is -1.85. The number of anilines is 3. The summed E-state index contributed by atoms with van der Waals surface area (Å²) >= 11 is 0. The SMILES string of the molecule is CC(=O)Nc1ccc(S(=O)(=O)N(C)CC(=O)Nc2cc(C(F)(F)F)ccc2NC(C)=O)cc1. The highest BCUT2D eigenvalue weighted by atomic mass is 32.2. The standard InChI is InChI=1S/C20H21F3N4O5S/c1-12(28)24-15-5-7-16(8-6-15)33(31,32)27(3)11-19(30)26-18-10-14(20(21,22)23)4-9-17(18)25-13(2)29/h4-10H,11H2,1-3H3,(H,24,28)(H,25,29)(H,26,30). The summed E-state index contributed by atoms with van der Waals surface area (Å²) in [5, 5.41) is 6.99. The quantitative estimate of drug-likeness (QED) is 0.555. The van der Waals surface area contributed by atoms with Crippen LogP contribution in [0, 0.1) is 0 Å². The fourth-order valence-corrected chi connectivity index (χ4v) is 3.82. The molecule has 2 aromatic carbocycles. The Hall–Kier alpha value is -3.45. The fourth-order valence-electron chi connectivity index (χ4n) is 2.69. The highest BCUT2D eigenvalue weighted by Crippen LogP contribution is 2.34. The van der Waals surface area contributed by atoms with Gasteiger partial charge in [-0.05, 0) is 42.5 Å². The third-order valence-corrected chi connectivity index (χ3v) is 6.00. The number of sulfonamides is 1. The van der Waals surface area contributed by atoms with Crippen molar-refractivity contribution in [3.05, 3.63) is 48.0 Å². The van der Waals surface area contributed by atoms with Crippen LogP contribution in [0.1, 0.15) is 19.4 Å². The van der Waals surface area contributed by atoms with Crippen LogP contribution in [0.3, 0.4) is 0 Å². The van der Waals surface area contributed by atoms with Crippen molar-refractivity contribution < 1.29 is 36.0 Å². The van der Waals surface area contributed by atoms with Crippen molar-refractivity contribution in [3.63, 3.8) is 0 Å². The molecule has 0 aliphatic heterocycles. The van der Waals surface area contributed by atoms with E-state index in [4.69, 9.17) is 0 Å². The fraction of sp³-hybridized carbons (Fsp3) is 0.250. The van der Waals surface area contributed by atoms with Gasteiger partial charge in [0.05, 0.1) is 28.4 Å². The van der Waals surface area contributed by atoms with Crippen molar-refractivity contribution >= 4 is 44.8 Å². The van der Waals surface area contributed by atoms with Crippen molar-refractivity contribution in [2.75, 3.05) is 29.5 Å². The minimum Gasteiger partial charge on any atom is -0.326 e. The minimum absolute atomic E-state index is 0.0806. The Balaban J connectivity index is 2.20. The Bertz CT molecular complexity index is 1170. The highest BCUT2D eigenvalue weighted by Gasteiger charge is 2.31. The van der Waals surface area contributed by atoms with E-state index in [9.17, 15) is 36.0 Å². The second-order valence-corrected chi connectivity index (χ2v) is 9.00. The predicted molar refractivity (Wildman–Crippen MR) is 115 cm³/mol. The number of nitrogens with one attached hydrogen (secondary N) is 3. The number of carbonyl (C=O) groups excluding carboxylic acids is 3. The molecule has 3 amide bonds. The molecule has 0 saturated heterocycles. The van der Waals surface area contributed by atoms with Crippen LogP contribution in [0.2, 0.25) is 0 Å². The molecular weight excluding hydrogens is 465 g/mol. The van der Waals surface area contributed by atoms with Crippen LogP contribution in [0.5, 0.6) is 0 Å². The molecular formula is C20H21F3N4O5S. The van der Waals surface area contributed by atoms with Gasteiger partial charge >= 0.3 is 6.18 Å². The molecule has 0 spiro atoms. The second-order valence-electron chi connectivity index (χ2n) is 6.95. The van der Waals surface area contributed by atoms with E-state index in [2.05, 4.69) is 16.0 Å². The Morgan fingerprint density at radius 1 is 0.879 bits per heavy atom. The van der Waals surface area contributed by atoms with Gasteiger partial charge in [0, 0.05) is 26.6 Å². The van der Waals surface area contributed by atoms with E-state index in [1.165, 1.54) is 31.2 Å². The van der Waals surface area contributed by atoms with Gasteiger partial charge in [0.1, 0.15) is 0 Å². The molecule has 9 nitrogen and oxygen atoms in total. The normalized spacial score (nSPS) is 11.7. The van der Waals surface area contributed by atoms with Gasteiger partial charge in [0.25, 0.3) is 0 Å². The second kappa shape index (κ2) is 10.0. The number of nitrogens with zero attached hydrogens (tertiary/aromatic N) is 1. The van der Waals surface area contributed by atoms with Crippen molar-refractivity contribution in [3.8, 4) is 0 Å². The van der Waals surface area contributed by atoms with Crippen LogP contribution in [-0.4, -0.2) is 44.0 Å². The lowest BCUT2D eigenvalue weighted by molar-refractivity contribution is -0.137. The third-order valence-electron chi connectivity index (χ3n) is 4.18. The molecule has 0 fully saturated rings. The van der Waals surface area contributed by atoms with Crippen LogP contribution in [0.25, 0.3) is 0 Å². The summed E-state index contributed by atoms with van der Waals surface area (Å²) < 4.78 is 65.2. The maximum atomic E-state index is 13.0. The number of benzene rings is 2. The first kappa shape index (κ1) is 25.8. The number of alkyl halides is 3. The Kier molecular flexibility index (Phi) is 7.82. The largest absolute Gasteiger partial charge is 0.416 e. The molecule has 0 aromatic heterocycles. The topological polar surface area (TPSA) is 125 Å². The zero-order chi connectivity index (χ0) is 25.0. The number of halogens is 3. The number of hydrogen-bond donors (Lipinski definition) is 3. The Morgan fingerprint density at radius 2 is 1.45 bits per heavy atom. The zero-order valence-electron chi connectivity index (χ0n) is 17.8. The average molecular weight is 486 g/mol. The Labute approximate surface area is 188 Å². The van der Waals surface area contributed by atoms with E-state index in [1.807, 2.05) is 0 Å². The maximum absolute atomic E-state index is 13.0. The maximum Gasteiger partial charge on any atom is 0.416 e. The van der Waals surface area contributed by atoms with E-state index in [-0.39, 0.29) is 22.2 Å². The van der Waals surface area contributed by atoms with Crippen LogP contribution in [0.15, 0.2) is 47.4 Å². The number of carbonyl (C=O) groups is 3. The monoisotopic (exact) mass is 486 g/mol. The van der Waals surface area contributed by atoms with Gasteiger partial charge in [-0.3, -0.25) is 14.4 Å². The molecule has 178 valence electrons. The first-order valence-electron chi connectivity index (χ1n) is 9.33. The van der Waals surface area contributed by atoms with Gasteiger partial charge in [-0.2, -0.15) is 17.5 Å². The van der Waals surface area contributed by atoms with Gasteiger partial charge in [0.15, 0.2) is 0 Å². The molecule has 33 heavy (non-hydrogen) atoms. The first-order valence-corrected chi connectivity index (χ1v) is 10.8. The van der Waals surface area contributed by atoms with Gasteiger partial charge in [-0.1, -0.05) is 0 Å². The van der Waals surface area contributed by atoms with Crippen molar-refractivity contribution in [2.45, 2.75) is 24.9 Å². The molecule has 0 bridgehead atoms. The van der Waals surface area contributed by atoms with Crippen LogP contribution in [-0.2, 0) is 30.6 Å². The molecule has 0 unspecified atom stereocenters. The summed E-state index contributed by atoms with van der Waals surface area (Å²) in [6.45, 7) is 1.71. The lowest BCUT2D eigenvalue weighted by Gasteiger charge is -2.19. The molecule has 13 heteroatoms. The van der Waals surface area contributed by atoms with Gasteiger partial charge in [-0.15, -0.1) is 0 Å². The highest BCUT2D eigenvalue weighted by molar-refractivity contribution is 7.89. The molecule has 0 radical (unpaired) electrons. The van der Waals surface area contributed by atoms with E-state index >= 15 is 0 Å². The first-order chi connectivity index (χ1) is 15.2. The third kappa shape index (κ3) is 7.02. The van der Waals surface area contributed by atoms with E-state index in [1.54, 1.807) is 0 Å². The summed E-state index contributed by atoms with van der Waals surface area (Å²) in [6, 6.07) is 7.56. The molecule has 0 atom stereocenters. The summed E-state index contributed by atoms with van der Waals surface area (Å²) in [4.78, 5) is 34.6. The molecule has 0 saturated carbocycles. The molecule has 3 N–H and O–H groups in total. The summed E-state index contributed by atoms with van der Waals surface area (Å²) in [6.07, 6.45) is -4.70. The van der Waals surface area contributed by atoms with Crippen LogP contribution < -0.4 is 16.0 Å². The van der Waals surface area contributed by atoms with E-state index in [0.29, 0.717) is 16.1 Å². The number of likely N-dealkylation sites (N-methyl/N-ethyl adjacent to an activating group) is 1. The number of rotatable bonds is 7. The lowest BCUT2D eigenvalue weighted by atomic mass is 10.1.